The molecule has 162 valence electrons. The number of pyridine rings is 2. The SMILES string of the molecule is CCCC(=O)/C(=C\c1ccc(N2CCCNCC2)nc1C)c1cn2cccc(Cl)c2n1. The number of nitrogens with zero attached hydrogens (tertiary/aromatic N) is 4. The summed E-state index contributed by atoms with van der Waals surface area (Å²) in [6.45, 7) is 7.96. The summed E-state index contributed by atoms with van der Waals surface area (Å²) < 4.78 is 1.85. The second-order valence-electron chi connectivity index (χ2n) is 7.88. The van der Waals surface area contributed by atoms with E-state index in [-0.39, 0.29) is 5.78 Å². The van der Waals surface area contributed by atoms with Gasteiger partial charge < -0.3 is 14.6 Å². The van der Waals surface area contributed by atoms with Crippen LogP contribution in [-0.2, 0) is 4.79 Å². The second kappa shape index (κ2) is 9.62. The number of anilines is 1. The highest BCUT2D eigenvalue weighted by molar-refractivity contribution is 6.33. The van der Waals surface area contributed by atoms with Crippen molar-refractivity contribution in [1.82, 2.24) is 19.7 Å². The quantitative estimate of drug-likeness (QED) is 0.579. The summed E-state index contributed by atoms with van der Waals surface area (Å²) >= 11 is 6.30. The molecule has 1 saturated heterocycles. The maximum Gasteiger partial charge on any atom is 0.165 e. The summed E-state index contributed by atoms with van der Waals surface area (Å²) in [6, 6.07) is 7.77. The number of hydrogen-bond acceptors (Lipinski definition) is 5. The van der Waals surface area contributed by atoms with Gasteiger partial charge in [0.25, 0.3) is 0 Å². The van der Waals surface area contributed by atoms with Crippen molar-refractivity contribution in [1.29, 1.82) is 0 Å². The molecule has 3 aromatic rings. The van der Waals surface area contributed by atoms with Gasteiger partial charge in [-0.25, -0.2) is 9.97 Å². The summed E-state index contributed by atoms with van der Waals surface area (Å²) in [4.78, 5) is 24.8. The lowest BCUT2D eigenvalue weighted by molar-refractivity contribution is -0.113. The van der Waals surface area contributed by atoms with E-state index < -0.39 is 0 Å². The van der Waals surface area contributed by atoms with Gasteiger partial charge in [0.1, 0.15) is 5.82 Å². The van der Waals surface area contributed by atoms with Crippen LogP contribution >= 0.6 is 11.6 Å². The summed E-state index contributed by atoms with van der Waals surface area (Å²) in [6.07, 6.45) is 8.03. The number of aromatic nitrogens is 3. The Kier molecular flexibility index (Phi) is 6.68. The minimum Gasteiger partial charge on any atom is -0.355 e. The van der Waals surface area contributed by atoms with Crippen LogP contribution in [0, 0.1) is 6.92 Å². The molecule has 31 heavy (non-hydrogen) atoms. The van der Waals surface area contributed by atoms with E-state index >= 15 is 0 Å². The molecule has 0 amide bonds. The van der Waals surface area contributed by atoms with Crippen LogP contribution in [-0.4, -0.2) is 46.3 Å². The van der Waals surface area contributed by atoms with Gasteiger partial charge in [-0.2, -0.15) is 0 Å². The summed E-state index contributed by atoms with van der Waals surface area (Å²) in [5, 5.41) is 3.98. The van der Waals surface area contributed by atoms with Crippen LogP contribution in [0.5, 0.6) is 0 Å². The number of aryl methyl sites for hydroxylation is 1. The van der Waals surface area contributed by atoms with E-state index in [1.807, 2.05) is 48.9 Å². The van der Waals surface area contributed by atoms with Crippen LogP contribution in [0.15, 0.2) is 36.7 Å². The molecule has 1 N–H and O–H groups in total. The van der Waals surface area contributed by atoms with Crippen molar-refractivity contribution >= 4 is 40.5 Å². The number of imidazole rings is 1. The predicted octanol–water partition coefficient (Wildman–Crippen LogP) is 4.40. The zero-order valence-corrected chi connectivity index (χ0v) is 18.8. The third-order valence-corrected chi connectivity index (χ3v) is 5.86. The van der Waals surface area contributed by atoms with Crippen LogP contribution in [0.2, 0.25) is 5.02 Å². The van der Waals surface area contributed by atoms with Crippen LogP contribution in [0.3, 0.4) is 0 Å². The number of hydrogen-bond donors (Lipinski definition) is 1. The Hall–Kier alpha value is -2.70. The van der Waals surface area contributed by atoms with E-state index in [1.54, 1.807) is 6.07 Å². The van der Waals surface area contributed by atoms with Crippen molar-refractivity contribution in [2.75, 3.05) is 31.1 Å². The number of Topliss-reactive ketones (excluding diaryl/α,β-unsaturated/α-hetero) is 1. The molecule has 0 atom stereocenters. The molecule has 3 aromatic heterocycles. The van der Waals surface area contributed by atoms with E-state index in [4.69, 9.17) is 16.6 Å². The number of fused-ring (bicyclic) bond motifs is 1. The third kappa shape index (κ3) is 4.81. The first-order valence-electron chi connectivity index (χ1n) is 10.9. The fourth-order valence-electron chi connectivity index (χ4n) is 3.89. The molecular formula is C24H28ClN5O. The number of halogens is 1. The van der Waals surface area contributed by atoms with Gasteiger partial charge >= 0.3 is 0 Å². The molecule has 1 fully saturated rings. The molecule has 6 nitrogen and oxygen atoms in total. The Balaban J connectivity index is 1.71. The number of rotatable bonds is 6. The maximum atomic E-state index is 13.0. The zero-order valence-electron chi connectivity index (χ0n) is 18.1. The van der Waals surface area contributed by atoms with Crippen molar-refractivity contribution in [3.63, 3.8) is 0 Å². The molecule has 0 spiro atoms. The average molecular weight is 438 g/mol. The molecule has 0 bridgehead atoms. The van der Waals surface area contributed by atoms with Crippen LogP contribution in [0.25, 0.3) is 17.3 Å². The van der Waals surface area contributed by atoms with E-state index in [9.17, 15) is 4.79 Å². The Bertz CT molecular complexity index is 1110. The number of nitrogens with one attached hydrogen (secondary N) is 1. The molecular weight excluding hydrogens is 410 g/mol. The van der Waals surface area contributed by atoms with E-state index in [2.05, 4.69) is 21.3 Å². The van der Waals surface area contributed by atoms with Gasteiger partial charge in [0, 0.05) is 49.7 Å². The highest BCUT2D eigenvalue weighted by Gasteiger charge is 2.17. The van der Waals surface area contributed by atoms with Gasteiger partial charge in [0.2, 0.25) is 0 Å². The van der Waals surface area contributed by atoms with Crippen molar-refractivity contribution in [2.24, 2.45) is 0 Å². The third-order valence-electron chi connectivity index (χ3n) is 5.56. The van der Waals surface area contributed by atoms with E-state index in [0.717, 1.165) is 56.1 Å². The molecule has 0 radical (unpaired) electrons. The van der Waals surface area contributed by atoms with E-state index in [0.29, 0.717) is 28.4 Å². The Morgan fingerprint density at radius 1 is 1.23 bits per heavy atom. The Morgan fingerprint density at radius 3 is 2.87 bits per heavy atom. The van der Waals surface area contributed by atoms with Gasteiger partial charge in [-0.15, -0.1) is 0 Å². The molecule has 1 aliphatic rings. The topological polar surface area (TPSA) is 62.5 Å². The molecule has 0 aromatic carbocycles. The van der Waals surface area contributed by atoms with E-state index in [1.165, 1.54) is 0 Å². The van der Waals surface area contributed by atoms with Crippen LogP contribution < -0.4 is 10.2 Å². The Morgan fingerprint density at radius 2 is 2.10 bits per heavy atom. The molecule has 1 aliphatic heterocycles. The first-order valence-corrected chi connectivity index (χ1v) is 11.3. The highest BCUT2D eigenvalue weighted by atomic mass is 35.5. The first kappa shape index (κ1) is 21.5. The summed E-state index contributed by atoms with van der Waals surface area (Å²) in [7, 11) is 0. The van der Waals surface area contributed by atoms with Gasteiger partial charge in [-0.05, 0) is 62.2 Å². The van der Waals surface area contributed by atoms with Crippen LogP contribution in [0.4, 0.5) is 5.82 Å². The first-order chi connectivity index (χ1) is 15.1. The van der Waals surface area contributed by atoms with Gasteiger partial charge in [0.15, 0.2) is 11.4 Å². The summed E-state index contributed by atoms with van der Waals surface area (Å²) in [5.41, 5.74) is 3.71. The fraction of sp³-hybridized carbons (Fsp3) is 0.375. The minimum atomic E-state index is 0.0732. The molecule has 0 aliphatic carbocycles. The van der Waals surface area contributed by atoms with Gasteiger partial charge in [-0.1, -0.05) is 18.5 Å². The zero-order chi connectivity index (χ0) is 21.8. The van der Waals surface area contributed by atoms with Gasteiger partial charge in [0.05, 0.1) is 10.7 Å². The lowest BCUT2D eigenvalue weighted by Crippen LogP contribution is -2.28. The number of ketones is 1. The molecule has 0 unspecified atom stereocenters. The van der Waals surface area contributed by atoms with Crippen molar-refractivity contribution < 1.29 is 4.79 Å². The monoisotopic (exact) mass is 437 g/mol. The standard InChI is InChI=1S/C24H28ClN5O/c1-3-6-22(31)19(21-16-30-12-4-7-20(25)24(30)28-21)15-18-8-9-23(27-17(18)2)29-13-5-10-26-11-14-29/h4,7-9,12,15-16,26H,3,5-6,10-11,13-14H2,1-2H3/b19-15-. The second-order valence-corrected chi connectivity index (χ2v) is 8.29. The predicted molar refractivity (Wildman–Crippen MR) is 127 cm³/mol. The van der Waals surface area contributed by atoms with Crippen molar-refractivity contribution in [3.8, 4) is 0 Å². The van der Waals surface area contributed by atoms with Crippen molar-refractivity contribution in [2.45, 2.75) is 33.1 Å². The summed E-state index contributed by atoms with van der Waals surface area (Å²) in [5.74, 6) is 1.06. The molecule has 0 saturated carbocycles. The van der Waals surface area contributed by atoms with Crippen LogP contribution in [0.1, 0.15) is 43.1 Å². The highest BCUT2D eigenvalue weighted by Crippen LogP contribution is 2.26. The average Bonchev–Trinajstić information content (AvgIpc) is 3.00. The number of allylic oxidation sites excluding steroid dienone is 1. The molecule has 7 heteroatoms. The van der Waals surface area contributed by atoms with Gasteiger partial charge in [-0.3, -0.25) is 4.79 Å². The van der Waals surface area contributed by atoms with Crippen molar-refractivity contribution in [3.05, 3.63) is 58.6 Å². The number of carbonyl (C=O) groups excluding carboxylic acids is 1. The maximum absolute atomic E-state index is 13.0. The Labute approximate surface area is 188 Å². The largest absolute Gasteiger partial charge is 0.355 e. The number of carbonyl (C=O) groups is 1. The fourth-order valence-corrected chi connectivity index (χ4v) is 4.10. The molecule has 4 heterocycles. The molecule has 4 rings (SSSR count). The lowest BCUT2D eigenvalue weighted by Gasteiger charge is -2.21. The lowest BCUT2D eigenvalue weighted by atomic mass is 10.0. The smallest absolute Gasteiger partial charge is 0.165 e. The normalized spacial score (nSPS) is 15.3. The minimum absolute atomic E-state index is 0.0732.